The Labute approximate surface area is 125 Å². The van der Waals surface area contributed by atoms with Crippen LogP contribution in [0.5, 0.6) is 5.75 Å². The summed E-state index contributed by atoms with van der Waals surface area (Å²) in [5.41, 5.74) is 3.72. The van der Waals surface area contributed by atoms with Gasteiger partial charge >= 0.3 is 0 Å². The molecule has 0 unspecified atom stereocenters. The molecule has 2 aromatic rings. The quantitative estimate of drug-likeness (QED) is 0.916. The molecular weight excluding hydrogens is 264 g/mol. The highest BCUT2D eigenvalue weighted by atomic mass is 16.5. The first kappa shape index (κ1) is 14.9. The highest BCUT2D eigenvalue weighted by molar-refractivity contribution is 5.59. The number of aromatic nitrogens is 2. The molecule has 1 heterocycles. The van der Waals surface area contributed by atoms with E-state index >= 15 is 0 Å². The van der Waals surface area contributed by atoms with Gasteiger partial charge in [-0.3, -0.25) is 4.68 Å². The summed E-state index contributed by atoms with van der Waals surface area (Å²) in [5, 5.41) is 16.8. The van der Waals surface area contributed by atoms with Crippen molar-refractivity contribution < 1.29 is 4.74 Å². The molecule has 21 heavy (non-hydrogen) atoms. The summed E-state index contributed by atoms with van der Waals surface area (Å²) in [6, 6.07) is 7.48. The van der Waals surface area contributed by atoms with Crippen LogP contribution in [0.15, 0.2) is 24.4 Å². The third-order valence-electron chi connectivity index (χ3n) is 3.28. The summed E-state index contributed by atoms with van der Waals surface area (Å²) >= 11 is 0. The molecule has 0 spiro atoms. The molecule has 0 fully saturated rings. The Morgan fingerprint density at radius 1 is 1.43 bits per heavy atom. The summed E-state index contributed by atoms with van der Waals surface area (Å²) in [7, 11) is 3.53. The van der Waals surface area contributed by atoms with E-state index in [1.165, 1.54) is 5.56 Å². The Morgan fingerprint density at radius 3 is 2.81 bits per heavy atom. The summed E-state index contributed by atoms with van der Waals surface area (Å²) in [6.45, 7) is 4.94. The molecular formula is C16H20N4O. The lowest BCUT2D eigenvalue weighted by molar-refractivity contribution is 0.416. The minimum Gasteiger partial charge on any atom is -0.495 e. The first-order valence-corrected chi connectivity index (χ1v) is 6.89. The molecule has 0 aliphatic rings. The fourth-order valence-corrected chi connectivity index (χ4v) is 2.27. The van der Waals surface area contributed by atoms with E-state index in [9.17, 15) is 0 Å². The lowest BCUT2D eigenvalue weighted by atomic mass is 10.1. The summed E-state index contributed by atoms with van der Waals surface area (Å²) in [4.78, 5) is 0. The number of nitrogens with zero attached hydrogens (tertiary/aromatic N) is 3. The fourth-order valence-electron chi connectivity index (χ4n) is 2.27. The Bertz CT molecular complexity index is 667. The van der Waals surface area contributed by atoms with E-state index in [4.69, 9.17) is 10.00 Å². The second kappa shape index (κ2) is 6.31. The molecule has 5 heteroatoms. The van der Waals surface area contributed by atoms with Gasteiger partial charge in [0.05, 0.1) is 30.1 Å². The number of methoxy groups -OCH3 is 1. The van der Waals surface area contributed by atoms with Crippen LogP contribution < -0.4 is 10.1 Å². The lowest BCUT2D eigenvalue weighted by Gasteiger charge is -2.12. The van der Waals surface area contributed by atoms with E-state index in [0.29, 0.717) is 23.8 Å². The van der Waals surface area contributed by atoms with Crippen LogP contribution in [0, 0.1) is 11.3 Å². The molecule has 0 atom stereocenters. The van der Waals surface area contributed by atoms with Crippen LogP contribution in [-0.4, -0.2) is 16.9 Å². The van der Waals surface area contributed by atoms with E-state index in [1.54, 1.807) is 19.2 Å². The maximum atomic E-state index is 8.92. The second-order valence-corrected chi connectivity index (χ2v) is 5.25. The fraction of sp³-hybridized carbons (Fsp3) is 0.375. The number of hydrogen-bond donors (Lipinski definition) is 1. The van der Waals surface area contributed by atoms with Crippen LogP contribution >= 0.6 is 0 Å². The first-order chi connectivity index (χ1) is 10.0. The van der Waals surface area contributed by atoms with Crippen LogP contribution in [0.25, 0.3) is 0 Å². The molecule has 0 aliphatic carbocycles. The average molecular weight is 284 g/mol. The van der Waals surface area contributed by atoms with Gasteiger partial charge in [-0.05, 0) is 18.1 Å². The third kappa shape index (κ3) is 3.34. The van der Waals surface area contributed by atoms with Crippen LogP contribution in [0.2, 0.25) is 0 Å². The molecule has 0 radical (unpaired) electrons. The largest absolute Gasteiger partial charge is 0.495 e. The molecule has 1 N–H and O–H groups in total. The number of aryl methyl sites for hydroxylation is 1. The van der Waals surface area contributed by atoms with Crippen molar-refractivity contribution in [2.45, 2.75) is 26.3 Å². The molecule has 5 nitrogen and oxygen atoms in total. The number of nitrogens with one attached hydrogen (secondary N) is 1. The standard InChI is InChI=1S/C16H20N4O/c1-11(2)16-13(10-20(3)19-16)9-18-14-6-5-12(8-17)7-15(14)21-4/h5-7,10-11,18H,9H2,1-4H3. The molecule has 1 aromatic heterocycles. The lowest BCUT2D eigenvalue weighted by Crippen LogP contribution is -2.04. The van der Waals surface area contributed by atoms with Gasteiger partial charge in [0.1, 0.15) is 5.75 Å². The van der Waals surface area contributed by atoms with Gasteiger partial charge in [-0.2, -0.15) is 10.4 Å². The van der Waals surface area contributed by atoms with E-state index in [1.807, 2.05) is 24.0 Å². The molecule has 0 amide bonds. The van der Waals surface area contributed by atoms with Crippen LogP contribution in [0.4, 0.5) is 5.69 Å². The normalized spacial score (nSPS) is 10.5. The minimum atomic E-state index is 0.380. The topological polar surface area (TPSA) is 62.9 Å². The Balaban J connectivity index is 2.19. The van der Waals surface area contributed by atoms with Crippen LogP contribution in [0.3, 0.4) is 0 Å². The van der Waals surface area contributed by atoms with E-state index in [-0.39, 0.29) is 0 Å². The monoisotopic (exact) mass is 284 g/mol. The Hall–Kier alpha value is -2.48. The minimum absolute atomic E-state index is 0.380. The first-order valence-electron chi connectivity index (χ1n) is 6.89. The average Bonchev–Trinajstić information content (AvgIpc) is 2.86. The number of anilines is 1. The van der Waals surface area contributed by atoms with Gasteiger partial charge in [0.2, 0.25) is 0 Å². The van der Waals surface area contributed by atoms with Crippen molar-refractivity contribution in [1.29, 1.82) is 5.26 Å². The van der Waals surface area contributed by atoms with Gasteiger partial charge in [-0.1, -0.05) is 13.8 Å². The molecule has 1 aromatic carbocycles. The maximum absolute atomic E-state index is 8.92. The van der Waals surface area contributed by atoms with Crippen molar-refractivity contribution >= 4 is 5.69 Å². The highest BCUT2D eigenvalue weighted by Gasteiger charge is 2.12. The van der Waals surface area contributed by atoms with Crippen molar-refractivity contribution in [3.63, 3.8) is 0 Å². The maximum Gasteiger partial charge on any atom is 0.143 e. The van der Waals surface area contributed by atoms with E-state index in [2.05, 4.69) is 30.3 Å². The van der Waals surface area contributed by atoms with Crippen LogP contribution in [-0.2, 0) is 13.6 Å². The SMILES string of the molecule is COc1cc(C#N)ccc1NCc1cn(C)nc1C(C)C. The van der Waals surface area contributed by atoms with Crippen molar-refractivity contribution in [3.8, 4) is 11.8 Å². The zero-order valence-electron chi connectivity index (χ0n) is 12.8. The van der Waals surface area contributed by atoms with Crippen molar-refractivity contribution in [1.82, 2.24) is 9.78 Å². The third-order valence-corrected chi connectivity index (χ3v) is 3.28. The zero-order chi connectivity index (χ0) is 15.4. The molecule has 0 bridgehead atoms. The van der Waals surface area contributed by atoms with Crippen molar-refractivity contribution in [2.75, 3.05) is 12.4 Å². The number of nitriles is 1. The van der Waals surface area contributed by atoms with Crippen molar-refractivity contribution in [2.24, 2.45) is 7.05 Å². The Morgan fingerprint density at radius 2 is 2.19 bits per heavy atom. The highest BCUT2D eigenvalue weighted by Crippen LogP contribution is 2.26. The number of hydrogen-bond acceptors (Lipinski definition) is 4. The number of ether oxygens (including phenoxy) is 1. The predicted octanol–water partition coefficient (Wildman–Crippen LogP) is 3.04. The van der Waals surface area contributed by atoms with E-state index < -0.39 is 0 Å². The van der Waals surface area contributed by atoms with Crippen molar-refractivity contribution in [3.05, 3.63) is 41.2 Å². The summed E-state index contributed by atoms with van der Waals surface area (Å²) < 4.78 is 7.16. The molecule has 0 saturated carbocycles. The van der Waals surface area contributed by atoms with Gasteiger partial charge in [0, 0.05) is 31.4 Å². The van der Waals surface area contributed by atoms with E-state index in [0.717, 1.165) is 11.4 Å². The predicted molar refractivity (Wildman–Crippen MR) is 82.3 cm³/mol. The van der Waals surface area contributed by atoms with Gasteiger partial charge in [0.25, 0.3) is 0 Å². The second-order valence-electron chi connectivity index (χ2n) is 5.25. The molecule has 0 aliphatic heterocycles. The van der Waals surface area contributed by atoms with Gasteiger partial charge in [-0.15, -0.1) is 0 Å². The van der Waals surface area contributed by atoms with Crippen LogP contribution in [0.1, 0.15) is 36.6 Å². The summed E-state index contributed by atoms with van der Waals surface area (Å²) in [6.07, 6.45) is 2.03. The molecule has 110 valence electrons. The molecule has 2 rings (SSSR count). The zero-order valence-corrected chi connectivity index (χ0v) is 12.8. The number of benzene rings is 1. The van der Waals surface area contributed by atoms with Gasteiger partial charge in [-0.25, -0.2) is 0 Å². The number of rotatable bonds is 5. The molecule has 0 saturated heterocycles. The smallest absolute Gasteiger partial charge is 0.143 e. The summed E-state index contributed by atoms with van der Waals surface area (Å²) in [5.74, 6) is 1.05. The van der Waals surface area contributed by atoms with Gasteiger partial charge < -0.3 is 10.1 Å². The van der Waals surface area contributed by atoms with Gasteiger partial charge in [0.15, 0.2) is 0 Å². The Kier molecular flexibility index (Phi) is 4.49.